The number of hydrogen-bond acceptors (Lipinski definition) is 3. The maximum absolute atomic E-state index is 5.86. The quantitative estimate of drug-likeness (QED) is 0.846. The largest absolute Gasteiger partial charge is 0.378 e. The molecule has 0 radical (unpaired) electrons. The lowest BCUT2D eigenvalue weighted by molar-refractivity contribution is 0.0299. The molecule has 4 heteroatoms. The van der Waals surface area contributed by atoms with Crippen LogP contribution in [0.5, 0.6) is 0 Å². The van der Waals surface area contributed by atoms with Gasteiger partial charge in [-0.2, -0.15) is 5.10 Å². The van der Waals surface area contributed by atoms with Crippen LogP contribution >= 0.6 is 0 Å². The molecule has 4 rings (SSSR count). The monoisotopic (exact) mass is 303 g/mol. The molecule has 0 N–H and O–H groups in total. The molecule has 2 fully saturated rings. The summed E-state index contributed by atoms with van der Waals surface area (Å²) in [6.45, 7) is 4.01. The minimum Gasteiger partial charge on any atom is -0.378 e. The van der Waals surface area contributed by atoms with Gasteiger partial charge >= 0.3 is 0 Å². The summed E-state index contributed by atoms with van der Waals surface area (Å²) >= 11 is 0. The lowest BCUT2D eigenvalue weighted by Crippen LogP contribution is -2.28. The van der Waals surface area contributed by atoms with Gasteiger partial charge in [-0.1, -0.05) is 19.3 Å². The molecule has 3 aliphatic rings. The zero-order valence-electron chi connectivity index (χ0n) is 13.8. The van der Waals surface area contributed by atoms with Crippen molar-refractivity contribution in [2.75, 3.05) is 6.61 Å². The van der Waals surface area contributed by atoms with Gasteiger partial charge in [0.2, 0.25) is 0 Å². The van der Waals surface area contributed by atoms with Gasteiger partial charge in [-0.15, -0.1) is 0 Å². The first-order valence-electron chi connectivity index (χ1n) is 9.41. The van der Waals surface area contributed by atoms with Crippen molar-refractivity contribution in [3.05, 3.63) is 11.6 Å². The molecule has 0 spiro atoms. The topological polar surface area (TPSA) is 39.9 Å². The van der Waals surface area contributed by atoms with Gasteiger partial charge in [-0.25, -0.2) is 9.67 Å². The first-order chi connectivity index (χ1) is 10.8. The molecule has 2 saturated carbocycles. The summed E-state index contributed by atoms with van der Waals surface area (Å²) < 4.78 is 8.10. The fourth-order valence-electron chi connectivity index (χ4n) is 4.93. The summed E-state index contributed by atoms with van der Waals surface area (Å²) in [4.78, 5) is 5.05. The zero-order chi connectivity index (χ0) is 14.9. The Morgan fingerprint density at radius 3 is 2.91 bits per heavy atom. The van der Waals surface area contributed by atoms with Crippen LogP contribution in [0.2, 0.25) is 0 Å². The predicted octanol–water partition coefficient (Wildman–Crippen LogP) is 4.02. The van der Waals surface area contributed by atoms with E-state index >= 15 is 0 Å². The van der Waals surface area contributed by atoms with Gasteiger partial charge in [0.1, 0.15) is 5.82 Å². The van der Waals surface area contributed by atoms with Crippen molar-refractivity contribution in [3.63, 3.8) is 0 Å². The number of rotatable bonds is 3. The van der Waals surface area contributed by atoms with E-state index < -0.39 is 0 Å². The SMILES string of the molecule is CCOC1CCCC(c2nc3n(n2)CCC2CCCCC32)C1. The smallest absolute Gasteiger partial charge is 0.154 e. The van der Waals surface area contributed by atoms with Gasteiger partial charge in [0, 0.05) is 25.0 Å². The Bertz CT molecular complexity index is 510. The molecule has 122 valence electrons. The fourth-order valence-corrected chi connectivity index (χ4v) is 4.93. The number of hydrogen-bond donors (Lipinski definition) is 0. The molecule has 1 aromatic rings. The van der Waals surface area contributed by atoms with Crippen molar-refractivity contribution in [2.24, 2.45) is 5.92 Å². The number of fused-ring (bicyclic) bond motifs is 3. The summed E-state index contributed by atoms with van der Waals surface area (Å²) in [6, 6.07) is 0. The van der Waals surface area contributed by atoms with Crippen LogP contribution < -0.4 is 0 Å². The van der Waals surface area contributed by atoms with Crippen LogP contribution in [0.15, 0.2) is 0 Å². The van der Waals surface area contributed by atoms with Gasteiger partial charge in [0.15, 0.2) is 5.82 Å². The molecule has 0 saturated heterocycles. The Labute approximate surface area is 133 Å². The average molecular weight is 303 g/mol. The van der Waals surface area contributed by atoms with E-state index in [1.807, 2.05) is 0 Å². The van der Waals surface area contributed by atoms with Crippen LogP contribution in [0.3, 0.4) is 0 Å². The highest BCUT2D eigenvalue weighted by Gasteiger charge is 2.35. The van der Waals surface area contributed by atoms with E-state index in [2.05, 4.69) is 11.6 Å². The van der Waals surface area contributed by atoms with Gasteiger partial charge in [-0.05, 0) is 51.4 Å². The molecule has 4 atom stereocenters. The van der Waals surface area contributed by atoms with E-state index in [1.54, 1.807) is 0 Å². The van der Waals surface area contributed by atoms with Gasteiger partial charge < -0.3 is 4.74 Å². The summed E-state index contributed by atoms with van der Waals surface area (Å²) in [5.74, 6) is 4.51. The zero-order valence-corrected chi connectivity index (χ0v) is 13.8. The summed E-state index contributed by atoms with van der Waals surface area (Å²) in [7, 11) is 0. The number of aromatic nitrogens is 3. The second-order valence-corrected chi connectivity index (χ2v) is 7.43. The normalized spacial score (nSPS) is 35.0. The molecule has 1 aliphatic heterocycles. The van der Waals surface area contributed by atoms with E-state index in [4.69, 9.17) is 14.8 Å². The molecular formula is C18H29N3O. The van der Waals surface area contributed by atoms with Gasteiger partial charge in [0.25, 0.3) is 0 Å². The maximum atomic E-state index is 5.86. The third-order valence-corrected chi connectivity index (χ3v) is 6.06. The third kappa shape index (κ3) is 2.70. The fraction of sp³-hybridized carbons (Fsp3) is 0.889. The van der Waals surface area contributed by atoms with Crippen molar-refractivity contribution < 1.29 is 4.74 Å². The van der Waals surface area contributed by atoms with Crippen molar-refractivity contribution >= 4 is 0 Å². The van der Waals surface area contributed by atoms with Gasteiger partial charge in [-0.3, -0.25) is 0 Å². The Morgan fingerprint density at radius 2 is 2.00 bits per heavy atom. The molecule has 0 bridgehead atoms. The number of aryl methyl sites for hydroxylation is 1. The minimum atomic E-state index is 0.423. The van der Waals surface area contributed by atoms with E-state index in [0.717, 1.165) is 31.3 Å². The van der Waals surface area contributed by atoms with Crippen molar-refractivity contribution in [1.82, 2.24) is 14.8 Å². The molecule has 0 amide bonds. The molecule has 2 aliphatic carbocycles. The first-order valence-corrected chi connectivity index (χ1v) is 9.41. The Kier molecular flexibility index (Phi) is 4.21. The van der Waals surface area contributed by atoms with Crippen LogP contribution in [-0.4, -0.2) is 27.5 Å². The molecular weight excluding hydrogens is 274 g/mol. The summed E-state index contributed by atoms with van der Waals surface area (Å²) in [5.41, 5.74) is 0. The molecule has 0 aromatic carbocycles. The lowest BCUT2D eigenvalue weighted by Gasteiger charge is -2.34. The average Bonchev–Trinajstić information content (AvgIpc) is 3.00. The first kappa shape index (κ1) is 14.7. The van der Waals surface area contributed by atoms with E-state index in [0.29, 0.717) is 17.9 Å². The number of ether oxygens (including phenoxy) is 1. The molecule has 2 heterocycles. The minimum absolute atomic E-state index is 0.423. The molecule has 22 heavy (non-hydrogen) atoms. The van der Waals surface area contributed by atoms with E-state index in [-0.39, 0.29) is 0 Å². The van der Waals surface area contributed by atoms with Gasteiger partial charge in [0.05, 0.1) is 6.10 Å². The van der Waals surface area contributed by atoms with Crippen LogP contribution in [0.25, 0.3) is 0 Å². The second-order valence-electron chi connectivity index (χ2n) is 7.43. The van der Waals surface area contributed by atoms with Crippen LogP contribution in [-0.2, 0) is 11.3 Å². The standard InChI is InChI=1S/C18H29N3O/c1-2-22-15-8-5-7-14(12-15)17-19-18-16-9-4-3-6-13(16)10-11-21(18)20-17/h13-16H,2-12H2,1H3. The summed E-state index contributed by atoms with van der Waals surface area (Å²) in [6.07, 6.45) is 12.1. The summed E-state index contributed by atoms with van der Waals surface area (Å²) in [5, 5.41) is 4.91. The molecule has 4 nitrogen and oxygen atoms in total. The maximum Gasteiger partial charge on any atom is 0.154 e. The van der Waals surface area contributed by atoms with Crippen LogP contribution in [0, 0.1) is 5.92 Å². The molecule has 4 unspecified atom stereocenters. The third-order valence-electron chi connectivity index (χ3n) is 6.06. The second kappa shape index (κ2) is 6.31. The Morgan fingerprint density at radius 1 is 1.09 bits per heavy atom. The Hall–Kier alpha value is -0.900. The highest BCUT2D eigenvalue weighted by Crippen LogP contribution is 2.43. The van der Waals surface area contributed by atoms with E-state index in [9.17, 15) is 0 Å². The van der Waals surface area contributed by atoms with E-state index in [1.165, 1.54) is 57.2 Å². The van der Waals surface area contributed by atoms with Crippen molar-refractivity contribution in [1.29, 1.82) is 0 Å². The predicted molar refractivity (Wildman–Crippen MR) is 86.0 cm³/mol. The number of nitrogens with zero attached hydrogens (tertiary/aromatic N) is 3. The molecule has 1 aromatic heterocycles. The Balaban J connectivity index is 1.53. The van der Waals surface area contributed by atoms with Crippen LogP contribution in [0.4, 0.5) is 0 Å². The van der Waals surface area contributed by atoms with Crippen molar-refractivity contribution in [3.8, 4) is 0 Å². The van der Waals surface area contributed by atoms with Crippen molar-refractivity contribution in [2.45, 2.75) is 89.2 Å². The highest BCUT2D eigenvalue weighted by atomic mass is 16.5. The highest BCUT2D eigenvalue weighted by molar-refractivity contribution is 5.10. The lowest BCUT2D eigenvalue weighted by atomic mass is 9.75. The van der Waals surface area contributed by atoms with Crippen LogP contribution in [0.1, 0.15) is 88.2 Å².